The molecule has 3 aromatic carbocycles. The van der Waals surface area contributed by atoms with Crippen molar-refractivity contribution in [1.29, 1.82) is 0 Å². The highest BCUT2D eigenvalue weighted by Crippen LogP contribution is 2.30. The van der Waals surface area contributed by atoms with Gasteiger partial charge in [0.1, 0.15) is 5.75 Å². The number of halogens is 2. The van der Waals surface area contributed by atoms with E-state index in [0.717, 1.165) is 60.2 Å². The third kappa shape index (κ3) is 6.23. The van der Waals surface area contributed by atoms with Gasteiger partial charge in [0.05, 0.1) is 5.02 Å². The van der Waals surface area contributed by atoms with Crippen molar-refractivity contribution in [3.63, 3.8) is 0 Å². The van der Waals surface area contributed by atoms with Crippen molar-refractivity contribution >= 4 is 40.5 Å². The number of nitrogens with zero attached hydrogens (tertiary/aromatic N) is 2. The largest absolute Gasteiger partial charge is 0.482 e. The SMILES string of the molecule is Cc1cc(C)c(OCC(=O)Nc2ccc(N3CCN(Cc4ccccc4Cl)CC3)cc2)c(Cl)c1. The Morgan fingerprint density at radius 2 is 1.65 bits per heavy atom. The number of amides is 1. The summed E-state index contributed by atoms with van der Waals surface area (Å²) in [5.74, 6) is 0.323. The van der Waals surface area contributed by atoms with Gasteiger partial charge >= 0.3 is 0 Å². The van der Waals surface area contributed by atoms with E-state index < -0.39 is 0 Å². The molecule has 0 radical (unpaired) electrons. The third-order valence-electron chi connectivity index (χ3n) is 5.96. The lowest BCUT2D eigenvalue weighted by Gasteiger charge is -2.36. The number of carbonyl (C=O) groups excluding carboxylic acids is 1. The molecule has 0 unspecified atom stereocenters. The maximum atomic E-state index is 12.4. The second-order valence-corrected chi connectivity index (χ2v) is 9.45. The average molecular weight is 498 g/mol. The summed E-state index contributed by atoms with van der Waals surface area (Å²) >= 11 is 12.6. The van der Waals surface area contributed by atoms with Crippen LogP contribution in [0.3, 0.4) is 0 Å². The number of piperazine rings is 1. The van der Waals surface area contributed by atoms with Gasteiger partial charge in [0.25, 0.3) is 5.91 Å². The van der Waals surface area contributed by atoms with E-state index in [2.05, 4.69) is 21.2 Å². The van der Waals surface area contributed by atoms with Gasteiger partial charge in [-0.05, 0) is 66.9 Å². The molecule has 7 heteroatoms. The first kappa shape index (κ1) is 24.4. The Morgan fingerprint density at radius 1 is 0.941 bits per heavy atom. The average Bonchev–Trinajstić information content (AvgIpc) is 2.81. The lowest BCUT2D eigenvalue weighted by Crippen LogP contribution is -2.46. The first-order valence-corrected chi connectivity index (χ1v) is 12.1. The van der Waals surface area contributed by atoms with Gasteiger partial charge in [0.15, 0.2) is 6.61 Å². The quantitative estimate of drug-likeness (QED) is 0.437. The van der Waals surface area contributed by atoms with Crippen LogP contribution in [0.2, 0.25) is 10.0 Å². The van der Waals surface area contributed by atoms with Crippen LogP contribution in [0.5, 0.6) is 5.75 Å². The van der Waals surface area contributed by atoms with Crippen molar-refractivity contribution < 1.29 is 9.53 Å². The molecule has 1 amide bonds. The molecule has 0 aliphatic carbocycles. The van der Waals surface area contributed by atoms with Gasteiger partial charge in [-0.3, -0.25) is 9.69 Å². The Kier molecular flexibility index (Phi) is 7.99. The molecule has 5 nitrogen and oxygen atoms in total. The van der Waals surface area contributed by atoms with E-state index in [1.54, 1.807) is 0 Å². The number of ether oxygens (including phenoxy) is 1. The summed E-state index contributed by atoms with van der Waals surface area (Å²) in [6, 6.07) is 19.8. The molecule has 1 aliphatic rings. The summed E-state index contributed by atoms with van der Waals surface area (Å²) in [6.45, 7) is 8.50. The first-order valence-electron chi connectivity index (χ1n) is 11.4. The second kappa shape index (κ2) is 11.1. The zero-order chi connectivity index (χ0) is 24.1. The molecule has 0 bridgehead atoms. The van der Waals surface area contributed by atoms with Crippen molar-refractivity contribution in [2.75, 3.05) is 43.0 Å². The zero-order valence-electron chi connectivity index (χ0n) is 19.5. The summed E-state index contributed by atoms with van der Waals surface area (Å²) < 4.78 is 5.67. The number of rotatable bonds is 7. The van der Waals surface area contributed by atoms with E-state index in [0.29, 0.717) is 10.8 Å². The molecular weight excluding hydrogens is 469 g/mol. The third-order valence-corrected chi connectivity index (χ3v) is 6.61. The molecule has 1 heterocycles. The fraction of sp³-hybridized carbons (Fsp3) is 0.296. The molecular formula is C27H29Cl2N3O2. The van der Waals surface area contributed by atoms with Crippen LogP contribution in [0.15, 0.2) is 60.7 Å². The predicted octanol–water partition coefficient (Wildman–Crippen LogP) is 5.95. The van der Waals surface area contributed by atoms with Crippen LogP contribution in [0.1, 0.15) is 16.7 Å². The lowest BCUT2D eigenvalue weighted by molar-refractivity contribution is -0.118. The maximum absolute atomic E-state index is 12.4. The Morgan fingerprint density at radius 3 is 2.32 bits per heavy atom. The number of hydrogen-bond acceptors (Lipinski definition) is 4. The summed E-state index contributed by atoms with van der Waals surface area (Å²) in [6.07, 6.45) is 0. The topological polar surface area (TPSA) is 44.8 Å². The van der Waals surface area contributed by atoms with Gasteiger partial charge in [-0.2, -0.15) is 0 Å². The Labute approximate surface area is 211 Å². The lowest BCUT2D eigenvalue weighted by atomic mass is 10.1. The number of nitrogens with one attached hydrogen (secondary N) is 1. The van der Waals surface area contributed by atoms with Crippen molar-refractivity contribution in [2.45, 2.75) is 20.4 Å². The van der Waals surface area contributed by atoms with Crippen molar-refractivity contribution in [2.24, 2.45) is 0 Å². The number of aryl methyl sites for hydroxylation is 2. The molecule has 0 saturated carbocycles. The molecule has 3 aromatic rings. The molecule has 1 fully saturated rings. The van der Waals surface area contributed by atoms with E-state index in [1.807, 2.05) is 68.4 Å². The van der Waals surface area contributed by atoms with Gasteiger partial charge < -0.3 is 15.0 Å². The van der Waals surface area contributed by atoms with E-state index in [-0.39, 0.29) is 12.5 Å². The Bertz CT molecular complexity index is 1120. The van der Waals surface area contributed by atoms with Crippen LogP contribution in [0, 0.1) is 13.8 Å². The molecule has 1 saturated heterocycles. The highest BCUT2D eigenvalue weighted by atomic mass is 35.5. The summed E-state index contributed by atoms with van der Waals surface area (Å²) in [7, 11) is 0. The zero-order valence-corrected chi connectivity index (χ0v) is 21.0. The number of benzene rings is 3. The van der Waals surface area contributed by atoms with Gasteiger partial charge in [-0.1, -0.05) is 47.5 Å². The van der Waals surface area contributed by atoms with Crippen molar-refractivity contribution in [1.82, 2.24) is 4.90 Å². The number of carbonyl (C=O) groups is 1. The molecule has 1 aliphatic heterocycles. The second-order valence-electron chi connectivity index (χ2n) is 8.63. The highest BCUT2D eigenvalue weighted by Gasteiger charge is 2.18. The monoisotopic (exact) mass is 497 g/mol. The summed E-state index contributed by atoms with van der Waals surface area (Å²) in [5, 5.41) is 4.23. The fourth-order valence-electron chi connectivity index (χ4n) is 4.21. The van der Waals surface area contributed by atoms with E-state index in [4.69, 9.17) is 27.9 Å². The highest BCUT2D eigenvalue weighted by molar-refractivity contribution is 6.32. The van der Waals surface area contributed by atoms with Crippen molar-refractivity contribution in [3.05, 3.63) is 87.4 Å². The molecule has 4 rings (SSSR count). The molecule has 1 N–H and O–H groups in total. The smallest absolute Gasteiger partial charge is 0.262 e. The van der Waals surface area contributed by atoms with E-state index in [1.165, 1.54) is 5.56 Å². The number of hydrogen-bond donors (Lipinski definition) is 1. The van der Waals surface area contributed by atoms with Crippen LogP contribution in [-0.2, 0) is 11.3 Å². The van der Waals surface area contributed by atoms with Crippen LogP contribution < -0.4 is 15.0 Å². The van der Waals surface area contributed by atoms with Gasteiger partial charge in [0.2, 0.25) is 0 Å². The minimum Gasteiger partial charge on any atom is -0.482 e. The maximum Gasteiger partial charge on any atom is 0.262 e. The summed E-state index contributed by atoms with van der Waals surface area (Å²) in [4.78, 5) is 17.2. The normalized spacial score (nSPS) is 14.2. The molecule has 0 spiro atoms. The van der Waals surface area contributed by atoms with Crippen LogP contribution in [0.25, 0.3) is 0 Å². The van der Waals surface area contributed by atoms with Gasteiger partial charge in [-0.25, -0.2) is 0 Å². The molecule has 34 heavy (non-hydrogen) atoms. The van der Waals surface area contributed by atoms with E-state index >= 15 is 0 Å². The van der Waals surface area contributed by atoms with Gasteiger partial charge in [0, 0.05) is 49.1 Å². The molecule has 0 aromatic heterocycles. The Hall–Kier alpha value is -2.73. The fourth-order valence-corrected chi connectivity index (χ4v) is 4.78. The first-order chi connectivity index (χ1) is 16.4. The van der Waals surface area contributed by atoms with E-state index in [9.17, 15) is 4.79 Å². The van der Waals surface area contributed by atoms with Crippen LogP contribution in [0.4, 0.5) is 11.4 Å². The predicted molar refractivity (Wildman–Crippen MR) is 140 cm³/mol. The number of anilines is 2. The van der Waals surface area contributed by atoms with Crippen LogP contribution in [-0.4, -0.2) is 43.6 Å². The minimum atomic E-state index is -0.225. The minimum absolute atomic E-state index is 0.0984. The molecule has 0 atom stereocenters. The molecule has 178 valence electrons. The van der Waals surface area contributed by atoms with Crippen molar-refractivity contribution in [3.8, 4) is 5.75 Å². The standard InChI is InChI=1S/C27H29Cl2N3O2/c1-19-15-20(2)27(25(29)16-19)34-18-26(33)30-22-7-9-23(10-8-22)32-13-11-31(12-14-32)17-21-5-3-4-6-24(21)28/h3-10,15-16H,11-14,17-18H2,1-2H3,(H,30,33). The summed E-state index contributed by atoms with van der Waals surface area (Å²) in [5.41, 5.74) is 5.02. The Balaban J connectivity index is 1.26. The van der Waals surface area contributed by atoms with Gasteiger partial charge in [-0.15, -0.1) is 0 Å². The van der Waals surface area contributed by atoms with Crippen LogP contribution >= 0.6 is 23.2 Å².